The van der Waals surface area contributed by atoms with Gasteiger partial charge in [-0.2, -0.15) is 4.98 Å². The van der Waals surface area contributed by atoms with Crippen LogP contribution in [0.15, 0.2) is 54.6 Å². The molecule has 0 amide bonds. The van der Waals surface area contributed by atoms with Gasteiger partial charge in [0.25, 0.3) is 0 Å². The van der Waals surface area contributed by atoms with Crippen molar-refractivity contribution in [3.8, 4) is 0 Å². The third-order valence-electron chi connectivity index (χ3n) is 5.14. The summed E-state index contributed by atoms with van der Waals surface area (Å²) in [5.41, 5.74) is 5.38. The summed E-state index contributed by atoms with van der Waals surface area (Å²) in [6.07, 6.45) is 0. The molecule has 6 nitrogen and oxygen atoms in total. The second-order valence-electron chi connectivity index (χ2n) is 7.67. The predicted octanol–water partition coefficient (Wildman–Crippen LogP) is 4.33. The van der Waals surface area contributed by atoms with Crippen LogP contribution in [0.3, 0.4) is 0 Å². The number of hydrogen-bond acceptors (Lipinski definition) is 6. The molecule has 2 heterocycles. The molecule has 0 atom stereocenters. The Hall–Kier alpha value is -3.12. The molecule has 2 aromatic carbocycles. The van der Waals surface area contributed by atoms with Crippen LogP contribution in [-0.4, -0.2) is 48.1 Å². The molecule has 0 unspecified atom stereocenters. The number of nitrogens with zero attached hydrogens (tertiary/aromatic N) is 4. The van der Waals surface area contributed by atoms with Gasteiger partial charge in [0.2, 0.25) is 5.95 Å². The quantitative estimate of drug-likeness (QED) is 0.678. The highest BCUT2D eigenvalue weighted by atomic mass is 15.2. The van der Waals surface area contributed by atoms with Gasteiger partial charge >= 0.3 is 0 Å². The third-order valence-corrected chi connectivity index (χ3v) is 5.14. The van der Waals surface area contributed by atoms with Crippen molar-refractivity contribution in [3.63, 3.8) is 0 Å². The average molecular weight is 389 g/mol. The number of anilines is 5. The SMILES string of the molecule is Cc1cccc(Nc2cc(C)nc(Nc3ccc(N4CCN(C)CC4)cc3)n2)c1. The number of aromatic nitrogens is 2. The van der Waals surface area contributed by atoms with E-state index < -0.39 is 0 Å². The van der Waals surface area contributed by atoms with Crippen LogP contribution < -0.4 is 15.5 Å². The van der Waals surface area contributed by atoms with Crippen LogP contribution in [0.1, 0.15) is 11.3 Å². The first-order chi connectivity index (χ1) is 14.0. The molecule has 0 radical (unpaired) electrons. The maximum Gasteiger partial charge on any atom is 0.229 e. The summed E-state index contributed by atoms with van der Waals surface area (Å²) in [4.78, 5) is 13.9. The largest absolute Gasteiger partial charge is 0.369 e. The van der Waals surface area contributed by atoms with Crippen LogP contribution in [0.4, 0.5) is 28.8 Å². The van der Waals surface area contributed by atoms with Crippen LogP contribution in [0.25, 0.3) is 0 Å². The Morgan fingerprint density at radius 2 is 1.55 bits per heavy atom. The third kappa shape index (κ3) is 5.03. The summed E-state index contributed by atoms with van der Waals surface area (Å²) < 4.78 is 0. The first-order valence-electron chi connectivity index (χ1n) is 10.1. The Morgan fingerprint density at radius 1 is 0.793 bits per heavy atom. The molecule has 29 heavy (non-hydrogen) atoms. The van der Waals surface area contributed by atoms with Gasteiger partial charge in [0.1, 0.15) is 5.82 Å². The number of rotatable bonds is 5. The van der Waals surface area contributed by atoms with Crippen molar-refractivity contribution in [2.45, 2.75) is 13.8 Å². The molecule has 0 saturated carbocycles. The van der Waals surface area contributed by atoms with E-state index >= 15 is 0 Å². The summed E-state index contributed by atoms with van der Waals surface area (Å²) >= 11 is 0. The van der Waals surface area contributed by atoms with Crippen LogP contribution in [0, 0.1) is 13.8 Å². The number of aryl methyl sites for hydroxylation is 2. The van der Waals surface area contributed by atoms with E-state index in [-0.39, 0.29) is 0 Å². The number of benzene rings is 2. The summed E-state index contributed by atoms with van der Waals surface area (Å²) in [6.45, 7) is 8.40. The Balaban J connectivity index is 1.45. The standard InChI is InChI=1S/C23H28N6/c1-17-5-4-6-20(15-17)25-22-16-18(2)24-23(27-22)26-19-7-9-21(10-8-19)29-13-11-28(3)12-14-29/h4-10,15-16H,11-14H2,1-3H3,(H2,24,25,26,27). The van der Waals surface area contributed by atoms with Crippen molar-refractivity contribution >= 4 is 28.8 Å². The highest BCUT2D eigenvalue weighted by Gasteiger charge is 2.14. The lowest BCUT2D eigenvalue weighted by Crippen LogP contribution is -2.44. The van der Waals surface area contributed by atoms with Crippen molar-refractivity contribution in [2.24, 2.45) is 0 Å². The Labute approximate surface area is 172 Å². The van der Waals surface area contributed by atoms with Crippen LogP contribution in [-0.2, 0) is 0 Å². The topological polar surface area (TPSA) is 56.3 Å². The van der Waals surface area contributed by atoms with Crippen molar-refractivity contribution in [1.82, 2.24) is 14.9 Å². The number of hydrogen-bond donors (Lipinski definition) is 2. The number of likely N-dealkylation sites (N-methyl/N-ethyl adjacent to an activating group) is 1. The van der Waals surface area contributed by atoms with Gasteiger partial charge in [-0.1, -0.05) is 12.1 Å². The lowest BCUT2D eigenvalue weighted by Gasteiger charge is -2.34. The zero-order valence-corrected chi connectivity index (χ0v) is 17.3. The molecule has 1 fully saturated rings. The van der Waals surface area contributed by atoms with Gasteiger partial charge in [-0.25, -0.2) is 4.98 Å². The van der Waals surface area contributed by atoms with Crippen molar-refractivity contribution in [1.29, 1.82) is 0 Å². The molecule has 4 rings (SSSR count). The van der Waals surface area contributed by atoms with Gasteiger partial charge in [-0.15, -0.1) is 0 Å². The second kappa shape index (κ2) is 8.49. The van der Waals surface area contributed by atoms with Crippen molar-refractivity contribution < 1.29 is 0 Å². The fourth-order valence-corrected chi connectivity index (χ4v) is 3.51. The van der Waals surface area contributed by atoms with E-state index in [4.69, 9.17) is 0 Å². The molecule has 2 N–H and O–H groups in total. The number of piperazine rings is 1. The Morgan fingerprint density at radius 3 is 2.28 bits per heavy atom. The van der Waals surface area contributed by atoms with Gasteiger partial charge in [0.05, 0.1) is 0 Å². The predicted molar refractivity (Wildman–Crippen MR) is 121 cm³/mol. The van der Waals surface area contributed by atoms with Crippen LogP contribution in [0.5, 0.6) is 0 Å². The molecule has 1 aliphatic heterocycles. The average Bonchev–Trinajstić information content (AvgIpc) is 2.69. The minimum atomic E-state index is 0.590. The molecule has 150 valence electrons. The molecule has 6 heteroatoms. The first-order valence-corrected chi connectivity index (χ1v) is 10.1. The summed E-state index contributed by atoms with van der Waals surface area (Å²) in [7, 11) is 2.17. The van der Waals surface area contributed by atoms with Gasteiger partial charge in [0.15, 0.2) is 0 Å². The summed E-state index contributed by atoms with van der Waals surface area (Å²) in [6, 6.07) is 18.7. The van der Waals surface area contributed by atoms with E-state index in [0.717, 1.165) is 49.1 Å². The molecule has 1 saturated heterocycles. The minimum absolute atomic E-state index is 0.590. The number of nitrogens with one attached hydrogen (secondary N) is 2. The van der Waals surface area contributed by atoms with E-state index in [1.807, 2.05) is 25.1 Å². The molecular weight excluding hydrogens is 360 g/mol. The summed E-state index contributed by atoms with van der Waals surface area (Å²) in [5, 5.41) is 6.70. The maximum atomic E-state index is 4.63. The van der Waals surface area contributed by atoms with Gasteiger partial charge in [0, 0.05) is 55.0 Å². The molecule has 0 spiro atoms. The molecule has 1 aromatic heterocycles. The Bertz CT molecular complexity index is 961. The van der Waals surface area contributed by atoms with E-state index in [1.54, 1.807) is 0 Å². The zero-order chi connectivity index (χ0) is 20.2. The van der Waals surface area contributed by atoms with E-state index in [0.29, 0.717) is 5.95 Å². The monoisotopic (exact) mass is 388 g/mol. The molecule has 1 aliphatic rings. The van der Waals surface area contributed by atoms with E-state index in [9.17, 15) is 0 Å². The molecule has 3 aromatic rings. The van der Waals surface area contributed by atoms with Gasteiger partial charge in [-0.3, -0.25) is 0 Å². The summed E-state index contributed by atoms with van der Waals surface area (Å²) in [5.74, 6) is 1.37. The lowest BCUT2D eigenvalue weighted by atomic mass is 10.2. The molecule has 0 aliphatic carbocycles. The smallest absolute Gasteiger partial charge is 0.229 e. The van der Waals surface area contributed by atoms with Crippen LogP contribution >= 0.6 is 0 Å². The fraction of sp³-hybridized carbons (Fsp3) is 0.304. The normalized spacial score (nSPS) is 14.7. The Kier molecular flexibility index (Phi) is 5.62. The van der Waals surface area contributed by atoms with E-state index in [2.05, 4.69) is 80.8 Å². The van der Waals surface area contributed by atoms with Gasteiger partial charge < -0.3 is 20.4 Å². The van der Waals surface area contributed by atoms with Crippen molar-refractivity contribution in [3.05, 3.63) is 65.9 Å². The van der Waals surface area contributed by atoms with Crippen molar-refractivity contribution in [2.75, 3.05) is 48.8 Å². The fourth-order valence-electron chi connectivity index (χ4n) is 3.51. The first kappa shape index (κ1) is 19.2. The molecular formula is C23H28N6. The highest BCUT2D eigenvalue weighted by molar-refractivity contribution is 5.62. The van der Waals surface area contributed by atoms with Crippen LogP contribution in [0.2, 0.25) is 0 Å². The highest BCUT2D eigenvalue weighted by Crippen LogP contribution is 2.23. The second-order valence-corrected chi connectivity index (χ2v) is 7.67. The van der Waals surface area contributed by atoms with Gasteiger partial charge in [-0.05, 0) is 62.9 Å². The molecule has 0 bridgehead atoms. The zero-order valence-electron chi connectivity index (χ0n) is 17.3. The maximum absolute atomic E-state index is 4.63. The lowest BCUT2D eigenvalue weighted by molar-refractivity contribution is 0.313. The minimum Gasteiger partial charge on any atom is -0.369 e. The van der Waals surface area contributed by atoms with E-state index in [1.165, 1.54) is 11.3 Å².